The number of methoxy groups -OCH3 is 1. The monoisotopic (exact) mass is 304 g/mol. The standard InChI is InChI=1S/C8H8N4O5S2/c1-16-7(13)6-8(18-4-10-6)19(14,15)11-2-5-9-3-17-12-5/h3-4,11H,2H2,1H3. The Morgan fingerprint density at radius 1 is 1.53 bits per heavy atom. The fraction of sp³-hybridized carbons (Fsp3) is 0.250. The van der Waals surface area contributed by atoms with Gasteiger partial charge in [-0.3, -0.25) is 0 Å². The maximum absolute atomic E-state index is 12.0. The van der Waals surface area contributed by atoms with Gasteiger partial charge in [0.2, 0.25) is 6.39 Å². The number of nitrogens with zero attached hydrogens (tertiary/aromatic N) is 3. The Balaban J connectivity index is 2.20. The molecule has 2 rings (SSSR count). The molecule has 0 atom stereocenters. The molecule has 2 aromatic rings. The van der Waals surface area contributed by atoms with E-state index in [0.717, 1.165) is 24.8 Å². The molecule has 19 heavy (non-hydrogen) atoms. The highest BCUT2D eigenvalue weighted by Gasteiger charge is 2.26. The fourth-order valence-electron chi connectivity index (χ4n) is 1.15. The molecule has 0 saturated carbocycles. The lowest BCUT2D eigenvalue weighted by atomic mass is 10.5. The molecule has 0 aliphatic heterocycles. The van der Waals surface area contributed by atoms with Gasteiger partial charge in [0, 0.05) is 0 Å². The minimum absolute atomic E-state index is 0.155. The van der Waals surface area contributed by atoms with Gasteiger partial charge in [-0.05, 0) is 0 Å². The number of carbonyl (C=O) groups excluding carboxylic acids is 1. The molecule has 2 heterocycles. The Kier molecular flexibility index (Phi) is 3.87. The molecule has 0 bridgehead atoms. The summed E-state index contributed by atoms with van der Waals surface area (Å²) in [4.78, 5) is 18.7. The summed E-state index contributed by atoms with van der Waals surface area (Å²) in [6.45, 7) is -0.155. The molecule has 0 amide bonds. The largest absolute Gasteiger partial charge is 0.464 e. The van der Waals surface area contributed by atoms with Crippen molar-refractivity contribution in [2.75, 3.05) is 7.11 Å². The van der Waals surface area contributed by atoms with E-state index in [-0.39, 0.29) is 22.3 Å². The second-order valence-electron chi connectivity index (χ2n) is 3.15. The normalized spacial score (nSPS) is 11.4. The average molecular weight is 304 g/mol. The van der Waals surface area contributed by atoms with Crippen LogP contribution in [0.15, 0.2) is 20.6 Å². The lowest BCUT2D eigenvalue weighted by Crippen LogP contribution is -2.25. The molecule has 9 nitrogen and oxygen atoms in total. The van der Waals surface area contributed by atoms with Crippen LogP contribution >= 0.6 is 11.3 Å². The van der Waals surface area contributed by atoms with Crippen LogP contribution in [0.5, 0.6) is 0 Å². The number of aromatic nitrogens is 3. The number of ether oxygens (including phenoxy) is 1. The summed E-state index contributed by atoms with van der Waals surface area (Å²) in [5.74, 6) is -0.645. The first-order chi connectivity index (χ1) is 9.04. The highest BCUT2D eigenvalue weighted by Crippen LogP contribution is 2.20. The van der Waals surface area contributed by atoms with Gasteiger partial charge >= 0.3 is 5.97 Å². The van der Waals surface area contributed by atoms with Crippen molar-refractivity contribution in [1.29, 1.82) is 0 Å². The molecule has 2 aromatic heterocycles. The predicted octanol–water partition coefficient (Wildman–Crippen LogP) is -0.209. The van der Waals surface area contributed by atoms with E-state index in [2.05, 4.69) is 29.1 Å². The molecule has 0 spiro atoms. The second-order valence-corrected chi connectivity index (χ2v) is 5.97. The van der Waals surface area contributed by atoms with Crippen molar-refractivity contribution in [2.24, 2.45) is 0 Å². The van der Waals surface area contributed by atoms with Crippen LogP contribution in [0.2, 0.25) is 0 Å². The van der Waals surface area contributed by atoms with Gasteiger partial charge in [-0.25, -0.2) is 22.9 Å². The smallest absolute Gasteiger partial charge is 0.358 e. The molecule has 11 heteroatoms. The maximum Gasteiger partial charge on any atom is 0.358 e. The topological polar surface area (TPSA) is 124 Å². The van der Waals surface area contributed by atoms with Crippen LogP contribution in [0.4, 0.5) is 0 Å². The first kappa shape index (κ1) is 13.6. The Morgan fingerprint density at radius 3 is 2.95 bits per heavy atom. The van der Waals surface area contributed by atoms with Crippen LogP contribution in [0.1, 0.15) is 16.3 Å². The summed E-state index contributed by atoms with van der Waals surface area (Å²) < 4.78 is 34.9. The molecular weight excluding hydrogens is 296 g/mol. The number of rotatable bonds is 5. The molecule has 0 saturated heterocycles. The van der Waals surface area contributed by atoms with E-state index in [0.29, 0.717) is 0 Å². The van der Waals surface area contributed by atoms with Crippen molar-refractivity contribution in [3.63, 3.8) is 0 Å². The lowest BCUT2D eigenvalue weighted by Gasteiger charge is -2.03. The Bertz CT molecular complexity index is 663. The van der Waals surface area contributed by atoms with Gasteiger partial charge in [0.05, 0.1) is 19.2 Å². The SMILES string of the molecule is COC(=O)c1ncsc1S(=O)(=O)NCc1ncon1. The third-order valence-electron chi connectivity index (χ3n) is 1.98. The second kappa shape index (κ2) is 5.42. The molecule has 102 valence electrons. The molecule has 0 aliphatic rings. The van der Waals surface area contributed by atoms with Crippen molar-refractivity contribution >= 4 is 27.3 Å². The molecule has 1 N–H and O–H groups in total. The van der Waals surface area contributed by atoms with E-state index in [1.165, 1.54) is 5.51 Å². The first-order valence-electron chi connectivity index (χ1n) is 4.81. The summed E-state index contributed by atoms with van der Waals surface area (Å²) >= 11 is 0.811. The number of carbonyl (C=O) groups is 1. The van der Waals surface area contributed by atoms with Crippen LogP contribution in [-0.4, -0.2) is 36.6 Å². The van der Waals surface area contributed by atoms with Crippen LogP contribution < -0.4 is 4.72 Å². The van der Waals surface area contributed by atoms with Gasteiger partial charge < -0.3 is 9.26 Å². The zero-order chi connectivity index (χ0) is 13.9. The molecule has 0 radical (unpaired) electrons. The maximum atomic E-state index is 12.0. The van der Waals surface area contributed by atoms with Crippen molar-refractivity contribution < 1.29 is 22.5 Å². The van der Waals surface area contributed by atoms with Crippen molar-refractivity contribution in [2.45, 2.75) is 10.8 Å². The number of nitrogens with one attached hydrogen (secondary N) is 1. The summed E-state index contributed by atoms with van der Waals surface area (Å²) in [5.41, 5.74) is 0.989. The number of hydrogen-bond donors (Lipinski definition) is 1. The van der Waals surface area contributed by atoms with Crippen molar-refractivity contribution in [3.8, 4) is 0 Å². The highest BCUT2D eigenvalue weighted by molar-refractivity contribution is 7.91. The van der Waals surface area contributed by atoms with E-state index < -0.39 is 16.0 Å². The number of esters is 1. The Morgan fingerprint density at radius 2 is 2.32 bits per heavy atom. The Labute approximate surface area is 111 Å². The van der Waals surface area contributed by atoms with Crippen molar-refractivity contribution in [1.82, 2.24) is 19.8 Å². The quantitative estimate of drug-likeness (QED) is 0.752. The van der Waals surface area contributed by atoms with Gasteiger partial charge in [-0.15, -0.1) is 11.3 Å². The number of thiazole rings is 1. The first-order valence-corrected chi connectivity index (χ1v) is 7.17. The van der Waals surface area contributed by atoms with Crippen molar-refractivity contribution in [3.05, 3.63) is 23.4 Å². The Hall–Kier alpha value is -1.85. The molecule has 0 fully saturated rings. The third-order valence-corrected chi connectivity index (χ3v) is 4.76. The third kappa shape index (κ3) is 2.94. The van der Waals surface area contributed by atoms with Gasteiger partial charge in [-0.2, -0.15) is 4.98 Å². The van der Waals surface area contributed by atoms with E-state index in [1.54, 1.807) is 0 Å². The molecule has 0 aliphatic carbocycles. The summed E-state index contributed by atoms with van der Waals surface area (Å²) in [6, 6.07) is 0. The number of hydrogen-bond acceptors (Lipinski definition) is 9. The van der Waals surface area contributed by atoms with Crippen LogP contribution in [0.3, 0.4) is 0 Å². The van der Waals surface area contributed by atoms with Gasteiger partial charge in [-0.1, -0.05) is 5.16 Å². The van der Waals surface area contributed by atoms with E-state index >= 15 is 0 Å². The molecule has 0 aromatic carbocycles. The van der Waals surface area contributed by atoms with E-state index in [4.69, 9.17) is 0 Å². The van der Waals surface area contributed by atoms with Crippen LogP contribution in [-0.2, 0) is 21.3 Å². The minimum Gasteiger partial charge on any atom is -0.464 e. The number of sulfonamides is 1. The van der Waals surface area contributed by atoms with E-state index in [9.17, 15) is 13.2 Å². The van der Waals surface area contributed by atoms with Gasteiger partial charge in [0.1, 0.15) is 0 Å². The molecule has 0 unspecified atom stereocenters. The lowest BCUT2D eigenvalue weighted by molar-refractivity contribution is 0.0590. The van der Waals surface area contributed by atoms with Crippen LogP contribution in [0, 0.1) is 0 Å². The average Bonchev–Trinajstić information content (AvgIpc) is 3.06. The zero-order valence-electron chi connectivity index (χ0n) is 9.56. The summed E-state index contributed by atoms with van der Waals surface area (Å²) in [6.07, 6.45) is 1.08. The summed E-state index contributed by atoms with van der Waals surface area (Å²) in [7, 11) is -2.75. The van der Waals surface area contributed by atoms with Gasteiger partial charge in [0.25, 0.3) is 10.0 Å². The fourth-order valence-corrected chi connectivity index (χ4v) is 3.31. The van der Waals surface area contributed by atoms with Gasteiger partial charge in [0.15, 0.2) is 15.7 Å². The minimum atomic E-state index is -3.90. The van der Waals surface area contributed by atoms with Crippen LogP contribution in [0.25, 0.3) is 0 Å². The predicted molar refractivity (Wildman–Crippen MR) is 61.8 cm³/mol. The summed E-state index contributed by atoms with van der Waals surface area (Å²) in [5, 5.41) is 3.46. The highest BCUT2D eigenvalue weighted by atomic mass is 32.2. The van der Waals surface area contributed by atoms with E-state index in [1.807, 2.05) is 0 Å². The zero-order valence-corrected chi connectivity index (χ0v) is 11.2. The molecular formula is C8H8N4O5S2.